The predicted octanol–water partition coefficient (Wildman–Crippen LogP) is 5.10. The highest BCUT2D eigenvalue weighted by atomic mass is 15.3. The van der Waals surface area contributed by atoms with Gasteiger partial charge in [-0.3, -0.25) is 4.98 Å². The van der Waals surface area contributed by atoms with Crippen LogP contribution in [0.3, 0.4) is 0 Å². The van der Waals surface area contributed by atoms with Crippen LogP contribution in [-0.4, -0.2) is 29.5 Å². The molecule has 4 aromatic heterocycles. The number of imidazole rings is 1. The number of H-pyrrole nitrogens is 1. The first-order valence-electron chi connectivity index (χ1n) is 10.9. The molecule has 6 heteroatoms. The molecule has 0 amide bonds. The van der Waals surface area contributed by atoms with Crippen LogP contribution in [0.25, 0.3) is 28.3 Å². The van der Waals surface area contributed by atoms with E-state index in [0.717, 1.165) is 39.8 Å². The average molecular weight is 399 g/mol. The Morgan fingerprint density at radius 3 is 2.53 bits per heavy atom. The lowest BCUT2D eigenvalue weighted by molar-refractivity contribution is 0.0512. The minimum absolute atomic E-state index is 0.173. The molecule has 30 heavy (non-hydrogen) atoms. The summed E-state index contributed by atoms with van der Waals surface area (Å²) in [7, 11) is 0. The number of aromatic amines is 1. The van der Waals surface area contributed by atoms with Crippen molar-refractivity contribution in [2.24, 2.45) is 5.41 Å². The standard InChI is InChI=1S/C24H26N6/c1-16-4-3-5-18(27-16)21-20(17-6-7-19-25-15-26-30(19)14-17)28-22(29-21)24-11-8-23(2,9-12-24)10-13-24/h3-7,14-15H,8-13H2,1-2H3,(H,28,29). The van der Waals surface area contributed by atoms with Gasteiger partial charge in [0.25, 0.3) is 0 Å². The fraction of sp³-hybridized carbons (Fsp3) is 0.417. The van der Waals surface area contributed by atoms with Crippen molar-refractivity contribution in [3.05, 3.63) is 54.4 Å². The lowest BCUT2D eigenvalue weighted by Gasteiger charge is -2.51. The number of hydrogen-bond acceptors (Lipinski definition) is 4. The van der Waals surface area contributed by atoms with Crippen molar-refractivity contribution >= 4 is 5.65 Å². The summed E-state index contributed by atoms with van der Waals surface area (Å²) in [5.41, 5.74) is 6.47. The first kappa shape index (κ1) is 17.8. The number of nitrogens with zero attached hydrogens (tertiary/aromatic N) is 5. The van der Waals surface area contributed by atoms with E-state index in [9.17, 15) is 0 Å². The van der Waals surface area contributed by atoms with Gasteiger partial charge in [-0.25, -0.2) is 14.5 Å². The maximum Gasteiger partial charge on any atom is 0.155 e. The Morgan fingerprint density at radius 1 is 0.967 bits per heavy atom. The molecule has 0 aromatic carbocycles. The highest BCUT2D eigenvalue weighted by Gasteiger charge is 2.48. The zero-order valence-corrected chi connectivity index (χ0v) is 17.5. The van der Waals surface area contributed by atoms with Gasteiger partial charge in [-0.2, -0.15) is 5.10 Å². The number of rotatable bonds is 3. The molecule has 3 saturated carbocycles. The van der Waals surface area contributed by atoms with E-state index in [2.05, 4.69) is 40.2 Å². The number of aryl methyl sites for hydroxylation is 1. The van der Waals surface area contributed by atoms with Gasteiger partial charge in [0.1, 0.15) is 12.2 Å². The van der Waals surface area contributed by atoms with Crippen LogP contribution in [0.2, 0.25) is 0 Å². The molecule has 6 nitrogen and oxygen atoms in total. The van der Waals surface area contributed by atoms with Gasteiger partial charge in [-0.1, -0.05) is 13.0 Å². The second kappa shape index (κ2) is 6.24. The predicted molar refractivity (Wildman–Crippen MR) is 116 cm³/mol. The van der Waals surface area contributed by atoms with Gasteiger partial charge >= 0.3 is 0 Å². The summed E-state index contributed by atoms with van der Waals surface area (Å²) >= 11 is 0. The van der Waals surface area contributed by atoms with Crippen molar-refractivity contribution in [2.75, 3.05) is 0 Å². The van der Waals surface area contributed by atoms with Crippen molar-refractivity contribution in [1.82, 2.24) is 29.5 Å². The second-order valence-corrected chi connectivity index (χ2v) is 9.54. The summed E-state index contributed by atoms with van der Waals surface area (Å²) in [6.07, 6.45) is 11.2. The molecule has 1 N–H and O–H groups in total. The van der Waals surface area contributed by atoms with Gasteiger partial charge in [0.15, 0.2) is 5.65 Å². The number of pyridine rings is 2. The van der Waals surface area contributed by atoms with Crippen molar-refractivity contribution in [3.63, 3.8) is 0 Å². The van der Waals surface area contributed by atoms with Gasteiger partial charge in [-0.05, 0) is 75.1 Å². The molecular formula is C24H26N6. The molecule has 0 unspecified atom stereocenters. The molecule has 0 aliphatic heterocycles. The normalized spacial score (nSPS) is 25.8. The summed E-state index contributed by atoms with van der Waals surface area (Å²) in [5.74, 6) is 1.14. The fourth-order valence-corrected chi connectivity index (χ4v) is 5.39. The summed E-state index contributed by atoms with van der Waals surface area (Å²) < 4.78 is 1.81. The molecule has 0 saturated heterocycles. The van der Waals surface area contributed by atoms with Crippen molar-refractivity contribution in [2.45, 2.75) is 57.8 Å². The monoisotopic (exact) mass is 398 g/mol. The number of hydrogen-bond donors (Lipinski definition) is 1. The quantitative estimate of drug-likeness (QED) is 0.521. The molecule has 4 aromatic rings. The molecule has 4 heterocycles. The molecular weight excluding hydrogens is 372 g/mol. The van der Waals surface area contributed by atoms with Gasteiger partial charge in [0.05, 0.1) is 17.1 Å². The number of nitrogens with one attached hydrogen (secondary N) is 1. The minimum atomic E-state index is 0.173. The van der Waals surface area contributed by atoms with E-state index in [1.807, 2.05) is 29.8 Å². The Morgan fingerprint density at radius 2 is 1.77 bits per heavy atom. The third kappa shape index (κ3) is 2.70. The SMILES string of the molecule is Cc1cccc(-c2[nH]c(C34CCC(C)(CC3)CC4)nc2-c2ccc3ncnn3c2)n1. The van der Waals surface area contributed by atoms with Gasteiger partial charge in [0.2, 0.25) is 0 Å². The van der Waals surface area contributed by atoms with Gasteiger partial charge in [0, 0.05) is 22.9 Å². The first-order chi connectivity index (χ1) is 14.5. The molecule has 0 spiro atoms. The largest absolute Gasteiger partial charge is 0.340 e. The Labute approximate surface area is 175 Å². The molecule has 0 atom stereocenters. The summed E-state index contributed by atoms with van der Waals surface area (Å²) in [4.78, 5) is 18.1. The van der Waals surface area contributed by atoms with Crippen LogP contribution < -0.4 is 0 Å². The van der Waals surface area contributed by atoms with Crippen molar-refractivity contribution in [3.8, 4) is 22.6 Å². The zero-order chi connectivity index (χ0) is 20.3. The Bertz CT molecular complexity index is 1230. The highest BCUT2D eigenvalue weighted by molar-refractivity contribution is 5.77. The molecule has 3 fully saturated rings. The number of aromatic nitrogens is 6. The summed E-state index contributed by atoms with van der Waals surface area (Å²) in [6.45, 7) is 4.49. The Hall–Kier alpha value is -3.02. The van der Waals surface area contributed by atoms with Gasteiger partial charge < -0.3 is 4.98 Å². The summed E-state index contributed by atoms with van der Waals surface area (Å²) in [6, 6.07) is 10.2. The van der Waals surface area contributed by atoms with Crippen LogP contribution >= 0.6 is 0 Å². The van der Waals surface area contributed by atoms with E-state index >= 15 is 0 Å². The van der Waals surface area contributed by atoms with Crippen LogP contribution in [0.5, 0.6) is 0 Å². The van der Waals surface area contributed by atoms with E-state index in [4.69, 9.17) is 9.97 Å². The number of fused-ring (bicyclic) bond motifs is 4. The Balaban J connectivity index is 1.52. The van der Waals surface area contributed by atoms with Crippen LogP contribution in [0.1, 0.15) is 57.0 Å². The van der Waals surface area contributed by atoms with E-state index < -0.39 is 0 Å². The summed E-state index contributed by atoms with van der Waals surface area (Å²) in [5, 5.41) is 4.31. The van der Waals surface area contributed by atoms with E-state index in [1.165, 1.54) is 38.5 Å². The average Bonchev–Trinajstić information content (AvgIpc) is 3.42. The molecule has 0 radical (unpaired) electrons. The lowest BCUT2D eigenvalue weighted by Crippen LogP contribution is -2.43. The van der Waals surface area contributed by atoms with Crippen LogP contribution in [0.4, 0.5) is 0 Å². The first-order valence-corrected chi connectivity index (χ1v) is 10.9. The van der Waals surface area contributed by atoms with Crippen molar-refractivity contribution < 1.29 is 0 Å². The van der Waals surface area contributed by atoms with E-state index in [-0.39, 0.29) is 5.41 Å². The second-order valence-electron chi connectivity index (χ2n) is 9.54. The van der Waals surface area contributed by atoms with Gasteiger partial charge in [-0.15, -0.1) is 0 Å². The maximum atomic E-state index is 5.23. The topological polar surface area (TPSA) is 71.8 Å². The van der Waals surface area contributed by atoms with Crippen molar-refractivity contribution in [1.29, 1.82) is 0 Å². The van der Waals surface area contributed by atoms with Crippen LogP contribution in [0.15, 0.2) is 42.9 Å². The van der Waals surface area contributed by atoms with Crippen LogP contribution in [0, 0.1) is 12.3 Å². The third-order valence-corrected chi connectivity index (χ3v) is 7.52. The lowest BCUT2D eigenvalue weighted by atomic mass is 9.54. The zero-order valence-electron chi connectivity index (χ0n) is 17.5. The fourth-order valence-electron chi connectivity index (χ4n) is 5.39. The molecule has 3 aliphatic carbocycles. The molecule has 2 bridgehead atoms. The van der Waals surface area contributed by atoms with E-state index in [0.29, 0.717) is 5.41 Å². The van der Waals surface area contributed by atoms with Crippen LogP contribution in [-0.2, 0) is 5.41 Å². The third-order valence-electron chi connectivity index (χ3n) is 7.52. The maximum absolute atomic E-state index is 5.23. The molecule has 152 valence electrons. The molecule has 7 rings (SSSR count). The smallest absolute Gasteiger partial charge is 0.155 e. The van der Waals surface area contributed by atoms with E-state index in [1.54, 1.807) is 6.33 Å². The Kier molecular flexibility index (Phi) is 3.70. The molecule has 3 aliphatic rings. The minimum Gasteiger partial charge on any atom is -0.340 e. The highest BCUT2D eigenvalue weighted by Crippen LogP contribution is 2.57.